The molecule has 3 heteroatoms. The third kappa shape index (κ3) is 2.40. The van der Waals surface area contributed by atoms with E-state index in [2.05, 4.69) is 5.92 Å². The van der Waals surface area contributed by atoms with Crippen LogP contribution >= 0.6 is 11.6 Å². The van der Waals surface area contributed by atoms with Gasteiger partial charge >= 0.3 is 0 Å². The lowest BCUT2D eigenvalue weighted by molar-refractivity contribution is -0.159. The molecular formula is C15H17ClO2. The molecule has 2 atom stereocenters. The molecule has 2 nitrogen and oxygen atoms in total. The Labute approximate surface area is 113 Å². The summed E-state index contributed by atoms with van der Waals surface area (Å²) in [6.45, 7) is 5.74. The van der Waals surface area contributed by atoms with Gasteiger partial charge in [-0.2, -0.15) is 0 Å². The first-order chi connectivity index (χ1) is 8.38. The van der Waals surface area contributed by atoms with Crippen molar-refractivity contribution in [2.24, 2.45) is 0 Å². The number of hydrogen-bond acceptors (Lipinski definition) is 2. The number of terminal acetylenes is 1. The van der Waals surface area contributed by atoms with E-state index in [9.17, 15) is 0 Å². The average molecular weight is 265 g/mol. The molecule has 1 aromatic carbocycles. The molecule has 1 heterocycles. The number of rotatable bonds is 2. The standard InChI is InChI=1S/C15H17ClO2/c1-5-10-15(4)13(17-14(2,3)18-15)11-8-6-7-9-12(11)16/h1,6-9,13H,10H2,2-4H3/t13-,15-/m1/s1. The van der Waals surface area contributed by atoms with Gasteiger partial charge < -0.3 is 9.47 Å². The second kappa shape index (κ2) is 4.59. The van der Waals surface area contributed by atoms with Gasteiger partial charge in [0.1, 0.15) is 11.7 Å². The molecule has 0 bridgehead atoms. The van der Waals surface area contributed by atoms with Crippen molar-refractivity contribution < 1.29 is 9.47 Å². The fraction of sp³-hybridized carbons (Fsp3) is 0.467. The number of halogens is 1. The smallest absolute Gasteiger partial charge is 0.164 e. The van der Waals surface area contributed by atoms with Gasteiger partial charge in [0.2, 0.25) is 0 Å². The quantitative estimate of drug-likeness (QED) is 0.753. The zero-order chi connectivity index (χ0) is 13.4. The number of benzene rings is 1. The summed E-state index contributed by atoms with van der Waals surface area (Å²) in [7, 11) is 0. The Kier molecular flexibility index (Phi) is 3.42. The molecule has 1 aliphatic rings. The first kappa shape index (κ1) is 13.4. The summed E-state index contributed by atoms with van der Waals surface area (Å²) in [6, 6.07) is 7.63. The molecule has 0 aromatic heterocycles. The largest absolute Gasteiger partial charge is 0.340 e. The molecular weight excluding hydrogens is 248 g/mol. The highest BCUT2D eigenvalue weighted by Crippen LogP contribution is 2.48. The summed E-state index contributed by atoms with van der Waals surface area (Å²) in [5.74, 6) is 2.00. The molecule has 0 spiro atoms. The molecule has 1 aromatic rings. The van der Waals surface area contributed by atoms with Crippen LogP contribution in [-0.4, -0.2) is 11.4 Å². The van der Waals surface area contributed by atoms with Crippen molar-refractivity contribution in [2.75, 3.05) is 0 Å². The highest BCUT2D eigenvalue weighted by molar-refractivity contribution is 6.31. The van der Waals surface area contributed by atoms with E-state index < -0.39 is 11.4 Å². The van der Waals surface area contributed by atoms with Gasteiger partial charge in [-0.3, -0.25) is 0 Å². The van der Waals surface area contributed by atoms with E-state index in [4.69, 9.17) is 27.5 Å². The first-order valence-corrected chi connectivity index (χ1v) is 6.32. The maximum absolute atomic E-state index is 6.24. The fourth-order valence-electron chi connectivity index (χ4n) is 2.46. The summed E-state index contributed by atoms with van der Waals surface area (Å²) in [5.41, 5.74) is 0.367. The van der Waals surface area contributed by atoms with Crippen LogP contribution < -0.4 is 0 Å². The van der Waals surface area contributed by atoms with Crippen molar-refractivity contribution in [1.29, 1.82) is 0 Å². The summed E-state index contributed by atoms with van der Waals surface area (Å²) >= 11 is 6.24. The predicted octanol–water partition coefficient (Wildman–Crippen LogP) is 3.95. The van der Waals surface area contributed by atoms with Gasteiger partial charge in [-0.25, -0.2) is 0 Å². The summed E-state index contributed by atoms with van der Waals surface area (Å²) in [6.07, 6.45) is 5.67. The zero-order valence-corrected chi connectivity index (χ0v) is 11.6. The lowest BCUT2D eigenvalue weighted by Gasteiger charge is -2.27. The van der Waals surface area contributed by atoms with E-state index in [0.29, 0.717) is 11.4 Å². The molecule has 0 N–H and O–H groups in total. The van der Waals surface area contributed by atoms with Crippen LogP contribution in [0.5, 0.6) is 0 Å². The maximum atomic E-state index is 6.24. The van der Waals surface area contributed by atoms with Gasteiger partial charge in [-0.05, 0) is 26.8 Å². The minimum atomic E-state index is -0.657. The Morgan fingerprint density at radius 2 is 2.00 bits per heavy atom. The van der Waals surface area contributed by atoms with Crippen LogP contribution in [0.1, 0.15) is 38.9 Å². The Morgan fingerprint density at radius 1 is 1.33 bits per heavy atom. The fourth-order valence-corrected chi connectivity index (χ4v) is 2.69. The van der Waals surface area contributed by atoms with Crippen LogP contribution in [0.15, 0.2) is 24.3 Å². The lowest BCUT2D eigenvalue weighted by Crippen LogP contribution is -2.32. The van der Waals surface area contributed by atoms with Gasteiger partial charge in [0.25, 0.3) is 0 Å². The Bertz CT molecular complexity index is 490. The predicted molar refractivity (Wildman–Crippen MR) is 72.3 cm³/mol. The third-order valence-corrected chi connectivity index (χ3v) is 3.42. The lowest BCUT2D eigenvalue weighted by atomic mass is 9.90. The highest BCUT2D eigenvalue weighted by atomic mass is 35.5. The first-order valence-electron chi connectivity index (χ1n) is 5.94. The summed E-state index contributed by atoms with van der Waals surface area (Å²) in [5, 5.41) is 0.673. The van der Waals surface area contributed by atoms with E-state index in [-0.39, 0.29) is 6.10 Å². The summed E-state index contributed by atoms with van der Waals surface area (Å²) < 4.78 is 12.0. The normalized spacial score (nSPS) is 30.1. The monoisotopic (exact) mass is 264 g/mol. The molecule has 0 saturated carbocycles. The van der Waals surface area contributed by atoms with E-state index >= 15 is 0 Å². The third-order valence-electron chi connectivity index (χ3n) is 3.08. The molecule has 0 aliphatic carbocycles. The minimum absolute atomic E-state index is 0.253. The maximum Gasteiger partial charge on any atom is 0.164 e. The van der Waals surface area contributed by atoms with Crippen molar-refractivity contribution >= 4 is 11.6 Å². The van der Waals surface area contributed by atoms with Gasteiger partial charge in [-0.1, -0.05) is 29.8 Å². The van der Waals surface area contributed by atoms with Crippen LogP contribution in [0.3, 0.4) is 0 Å². The van der Waals surface area contributed by atoms with Crippen molar-refractivity contribution in [3.63, 3.8) is 0 Å². The molecule has 96 valence electrons. The molecule has 1 aliphatic heterocycles. The Hall–Kier alpha value is -1.01. The Balaban J connectivity index is 2.42. The molecule has 1 saturated heterocycles. The molecule has 18 heavy (non-hydrogen) atoms. The van der Waals surface area contributed by atoms with Crippen LogP contribution in [-0.2, 0) is 9.47 Å². The van der Waals surface area contributed by atoms with E-state index in [1.165, 1.54) is 0 Å². The van der Waals surface area contributed by atoms with Gasteiger partial charge in [0.05, 0.1) is 0 Å². The molecule has 0 radical (unpaired) electrons. The van der Waals surface area contributed by atoms with Gasteiger partial charge in [-0.15, -0.1) is 12.3 Å². The number of ether oxygens (including phenoxy) is 2. The second-order valence-electron chi connectivity index (χ2n) is 5.21. The molecule has 0 amide bonds. The van der Waals surface area contributed by atoms with Crippen molar-refractivity contribution in [1.82, 2.24) is 0 Å². The Morgan fingerprint density at radius 3 is 2.61 bits per heavy atom. The minimum Gasteiger partial charge on any atom is -0.340 e. The van der Waals surface area contributed by atoms with Crippen molar-refractivity contribution in [3.8, 4) is 12.3 Å². The van der Waals surface area contributed by atoms with E-state index in [1.807, 2.05) is 45.0 Å². The number of hydrogen-bond donors (Lipinski definition) is 0. The van der Waals surface area contributed by atoms with Gasteiger partial charge in [0.15, 0.2) is 5.79 Å². The van der Waals surface area contributed by atoms with E-state index in [1.54, 1.807) is 0 Å². The van der Waals surface area contributed by atoms with Crippen LogP contribution in [0.2, 0.25) is 5.02 Å². The average Bonchev–Trinajstić information content (AvgIpc) is 2.50. The highest BCUT2D eigenvalue weighted by Gasteiger charge is 2.50. The van der Waals surface area contributed by atoms with Crippen LogP contribution in [0, 0.1) is 12.3 Å². The van der Waals surface area contributed by atoms with E-state index in [0.717, 1.165) is 5.56 Å². The SMILES string of the molecule is C#CC[C@@]1(C)OC(C)(C)O[C@@H]1c1ccccc1Cl. The second-order valence-corrected chi connectivity index (χ2v) is 5.62. The molecule has 0 unspecified atom stereocenters. The van der Waals surface area contributed by atoms with Crippen LogP contribution in [0.4, 0.5) is 0 Å². The van der Waals surface area contributed by atoms with Crippen molar-refractivity contribution in [2.45, 2.75) is 44.7 Å². The van der Waals surface area contributed by atoms with Crippen LogP contribution in [0.25, 0.3) is 0 Å². The zero-order valence-electron chi connectivity index (χ0n) is 10.9. The molecule has 1 fully saturated rings. The van der Waals surface area contributed by atoms with Gasteiger partial charge in [0, 0.05) is 17.0 Å². The van der Waals surface area contributed by atoms with Crippen molar-refractivity contribution in [3.05, 3.63) is 34.9 Å². The topological polar surface area (TPSA) is 18.5 Å². The molecule has 2 rings (SSSR count). The summed E-state index contributed by atoms with van der Waals surface area (Å²) in [4.78, 5) is 0.